The Hall–Kier alpha value is -0.520. The maximum atomic E-state index is 3.74. The monoisotopic (exact) mass is 222 g/mol. The predicted molar refractivity (Wildman–Crippen MR) is 75.8 cm³/mol. The maximum absolute atomic E-state index is 3.74. The Balaban J connectivity index is 2.87. The van der Waals surface area contributed by atoms with E-state index in [1.54, 1.807) is 0 Å². The van der Waals surface area contributed by atoms with E-state index in [-0.39, 0.29) is 0 Å². The van der Waals surface area contributed by atoms with Crippen LogP contribution in [0.3, 0.4) is 0 Å². The van der Waals surface area contributed by atoms with Gasteiger partial charge >= 0.3 is 0 Å². The molecule has 0 fully saturated rings. The molecular formula is C16H30. The van der Waals surface area contributed by atoms with Gasteiger partial charge in [0.1, 0.15) is 0 Å². The van der Waals surface area contributed by atoms with Gasteiger partial charge in [-0.05, 0) is 25.7 Å². The molecule has 16 heavy (non-hydrogen) atoms. The quantitative estimate of drug-likeness (QED) is 0.263. The lowest BCUT2D eigenvalue weighted by Gasteiger charge is -2.01. The van der Waals surface area contributed by atoms with Crippen molar-refractivity contribution in [2.45, 2.75) is 77.0 Å². The highest BCUT2D eigenvalue weighted by atomic mass is 14.0. The molecule has 0 nitrogen and oxygen atoms in total. The third-order valence-corrected chi connectivity index (χ3v) is 3.07. The van der Waals surface area contributed by atoms with Gasteiger partial charge in [0.15, 0.2) is 0 Å². The SMILES string of the molecule is C=CCCCCCCCCCCCCC=C. The molecule has 0 aromatic carbocycles. The molecule has 0 saturated heterocycles. The van der Waals surface area contributed by atoms with Crippen molar-refractivity contribution in [2.75, 3.05) is 0 Å². The first-order chi connectivity index (χ1) is 7.91. The molecule has 0 N–H and O–H groups in total. The molecule has 0 aliphatic heterocycles. The van der Waals surface area contributed by atoms with E-state index in [0.717, 1.165) is 0 Å². The lowest BCUT2D eigenvalue weighted by Crippen LogP contribution is -1.81. The zero-order valence-corrected chi connectivity index (χ0v) is 11.1. The number of allylic oxidation sites excluding steroid dienone is 2. The fraction of sp³-hybridized carbons (Fsp3) is 0.750. The molecule has 0 aliphatic carbocycles. The van der Waals surface area contributed by atoms with Gasteiger partial charge in [-0.3, -0.25) is 0 Å². The molecule has 0 radical (unpaired) electrons. The normalized spacial score (nSPS) is 10.2. The van der Waals surface area contributed by atoms with Crippen LogP contribution in [0.1, 0.15) is 77.0 Å². The molecule has 0 atom stereocenters. The van der Waals surface area contributed by atoms with Crippen molar-refractivity contribution in [2.24, 2.45) is 0 Å². The van der Waals surface area contributed by atoms with Crippen LogP contribution in [0.5, 0.6) is 0 Å². The summed E-state index contributed by atoms with van der Waals surface area (Å²) in [5, 5.41) is 0. The van der Waals surface area contributed by atoms with Crippen molar-refractivity contribution < 1.29 is 0 Å². The first-order valence-electron chi connectivity index (χ1n) is 7.13. The van der Waals surface area contributed by atoms with Gasteiger partial charge in [0.25, 0.3) is 0 Å². The molecule has 94 valence electrons. The standard InChI is InChI=1S/C16H30/c1-3-5-7-9-11-13-15-16-14-12-10-8-6-4-2/h3-4H,1-2,5-16H2. The van der Waals surface area contributed by atoms with Gasteiger partial charge in [0.2, 0.25) is 0 Å². The lowest BCUT2D eigenvalue weighted by molar-refractivity contribution is 0.553. The Morgan fingerprint density at radius 3 is 0.938 bits per heavy atom. The lowest BCUT2D eigenvalue weighted by atomic mass is 10.1. The zero-order chi connectivity index (χ0) is 11.9. The minimum atomic E-state index is 1.20. The molecule has 0 spiro atoms. The summed E-state index contributed by atoms with van der Waals surface area (Å²) in [4.78, 5) is 0. The fourth-order valence-electron chi connectivity index (χ4n) is 1.99. The highest BCUT2D eigenvalue weighted by Gasteiger charge is 1.92. The van der Waals surface area contributed by atoms with E-state index in [9.17, 15) is 0 Å². The van der Waals surface area contributed by atoms with Crippen LogP contribution in [0.25, 0.3) is 0 Å². The highest BCUT2D eigenvalue weighted by Crippen LogP contribution is 2.11. The van der Waals surface area contributed by atoms with Crippen LogP contribution in [0.4, 0.5) is 0 Å². The third kappa shape index (κ3) is 13.5. The minimum Gasteiger partial charge on any atom is -0.103 e. The number of unbranched alkanes of at least 4 members (excludes halogenated alkanes) is 11. The molecule has 0 saturated carbocycles. The van der Waals surface area contributed by atoms with Gasteiger partial charge in [-0.15, -0.1) is 13.2 Å². The number of hydrogen-bond donors (Lipinski definition) is 0. The van der Waals surface area contributed by atoms with Gasteiger partial charge in [-0.1, -0.05) is 63.5 Å². The summed E-state index contributed by atoms with van der Waals surface area (Å²) in [5.41, 5.74) is 0. The van der Waals surface area contributed by atoms with Crippen LogP contribution in [0.2, 0.25) is 0 Å². The van der Waals surface area contributed by atoms with Gasteiger partial charge in [0, 0.05) is 0 Å². The minimum absolute atomic E-state index is 1.20. The summed E-state index contributed by atoms with van der Waals surface area (Å²) in [6, 6.07) is 0. The van der Waals surface area contributed by atoms with Crippen molar-refractivity contribution >= 4 is 0 Å². The smallest absolute Gasteiger partial charge is 0.0353 e. The summed E-state index contributed by atoms with van der Waals surface area (Å²) in [6.45, 7) is 7.49. The molecule has 0 rings (SSSR count). The van der Waals surface area contributed by atoms with Gasteiger partial charge in [-0.2, -0.15) is 0 Å². The second kappa shape index (κ2) is 14.5. The average Bonchev–Trinajstić information content (AvgIpc) is 2.31. The van der Waals surface area contributed by atoms with E-state index >= 15 is 0 Å². The summed E-state index contributed by atoms with van der Waals surface area (Å²) >= 11 is 0. The fourth-order valence-corrected chi connectivity index (χ4v) is 1.99. The zero-order valence-electron chi connectivity index (χ0n) is 11.1. The van der Waals surface area contributed by atoms with Crippen LogP contribution >= 0.6 is 0 Å². The Bertz CT molecular complexity index is 128. The summed E-state index contributed by atoms with van der Waals surface area (Å²) < 4.78 is 0. The van der Waals surface area contributed by atoms with Crippen molar-refractivity contribution in [3.05, 3.63) is 25.3 Å². The van der Waals surface area contributed by atoms with Gasteiger partial charge < -0.3 is 0 Å². The van der Waals surface area contributed by atoms with Crippen molar-refractivity contribution in [3.63, 3.8) is 0 Å². The van der Waals surface area contributed by atoms with E-state index in [0.29, 0.717) is 0 Å². The first-order valence-corrected chi connectivity index (χ1v) is 7.13. The number of hydrogen-bond acceptors (Lipinski definition) is 0. The van der Waals surface area contributed by atoms with E-state index in [4.69, 9.17) is 0 Å². The summed E-state index contributed by atoms with van der Waals surface area (Å²) in [7, 11) is 0. The molecule has 0 unspecified atom stereocenters. The van der Waals surface area contributed by atoms with E-state index < -0.39 is 0 Å². The van der Waals surface area contributed by atoms with Gasteiger partial charge in [-0.25, -0.2) is 0 Å². The van der Waals surface area contributed by atoms with Crippen LogP contribution in [-0.4, -0.2) is 0 Å². The molecule has 0 aromatic rings. The first kappa shape index (κ1) is 15.5. The topological polar surface area (TPSA) is 0 Å². The predicted octanol–water partition coefficient (Wildman–Crippen LogP) is 6.04. The summed E-state index contributed by atoms with van der Waals surface area (Å²) in [6.07, 6.45) is 20.5. The number of rotatable bonds is 13. The Morgan fingerprint density at radius 1 is 0.438 bits per heavy atom. The van der Waals surface area contributed by atoms with Crippen molar-refractivity contribution in [1.82, 2.24) is 0 Å². The van der Waals surface area contributed by atoms with Crippen molar-refractivity contribution in [1.29, 1.82) is 0 Å². The van der Waals surface area contributed by atoms with Crippen LogP contribution in [-0.2, 0) is 0 Å². The van der Waals surface area contributed by atoms with Crippen LogP contribution in [0, 0.1) is 0 Å². The second-order valence-corrected chi connectivity index (χ2v) is 4.69. The molecule has 0 aliphatic rings. The molecule has 0 aromatic heterocycles. The molecule has 0 heterocycles. The molecule has 0 amide bonds. The Kier molecular flexibility index (Phi) is 14.0. The maximum Gasteiger partial charge on any atom is -0.0353 e. The van der Waals surface area contributed by atoms with E-state index in [1.807, 2.05) is 12.2 Å². The second-order valence-electron chi connectivity index (χ2n) is 4.69. The molecule has 0 heteroatoms. The highest BCUT2D eigenvalue weighted by molar-refractivity contribution is 4.66. The van der Waals surface area contributed by atoms with Crippen LogP contribution < -0.4 is 0 Å². The Morgan fingerprint density at radius 2 is 0.688 bits per heavy atom. The largest absolute Gasteiger partial charge is 0.103 e. The van der Waals surface area contributed by atoms with E-state index in [1.165, 1.54) is 77.0 Å². The Labute approximate surface area is 103 Å². The third-order valence-electron chi connectivity index (χ3n) is 3.07. The van der Waals surface area contributed by atoms with Crippen molar-refractivity contribution in [3.8, 4) is 0 Å². The van der Waals surface area contributed by atoms with Crippen LogP contribution in [0.15, 0.2) is 25.3 Å². The van der Waals surface area contributed by atoms with E-state index in [2.05, 4.69) is 13.2 Å². The summed E-state index contributed by atoms with van der Waals surface area (Å²) in [5.74, 6) is 0. The molecule has 0 bridgehead atoms. The van der Waals surface area contributed by atoms with Gasteiger partial charge in [0.05, 0.1) is 0 Å². The molecular weight excluding hydrogens is 192 g/mol. The average molecular weight is 222 g/mol.